The lowest BCUT2D eigenvalue weighted by Gasteiger charge is -2.39. The van der Waals surface area contributed by atoms with Crippen LogP contribution in [0.3, 0.4) is 0 Å². The molecule has 1 atom stereocenters. The Morgan fingerprint density at radius 3 is 2.57 bits per heavy atom. The Morgan fingerprint density at radius 1 is 1.14 bits per heavy atom. The zero-order valence-corrected chi connectivity index (χ0v) is 17.6. The molecule has 2 fully saturated rings. The van der Waals surface area contributed by atoms with Gasteiger partial charge in [0.05, 0.1) is 13.0 Å². The van der Waals surface area contributed by atoms with Crippen LogP contribution in [0.2, 0.25) is 5.02 Å². The van der Waals surface area contributed by atoms with Crippen LogP contribution >= 0.6 is 11.6 Å². The molecule has 0 spiro atoms. The molecule has 0 N–H and O–H groups in total. The molecule has 0 aliphatic carbocycles. The predicted octanol–water partition coefficient (Wildman–Crippen LogP) is 2.64. The minimum Gasteiger partial charge on any atom is -0.496 e. The number of benzene rings is 1. The minimum atomic E-state index is -0.0520. The Labute approximate surface area is 172 Å². The van der Waals surface area contributed by atoms with Gasteiger partial charge in [0.25, 0.3) is 0 Å². The van der Waals surface area contributed by atoms with Gasteiger partial charge in [-0.3, -0.25) is 14.5 Å². The summed E-state index contributed by atoms with van der Waals surface area (Å²) in [6, 6.07) is 5.67. The molecule has 2 heterocycles. The molecule has 3 rings (SSSR count). The highest BCUT2D eigenvalue weighted by Gasteiger charge is 2.32. The fraction of sp³-hybridized carbons (Fsp3) is 0.619. The highest BCUT2D eigenvalue weighted by Crippen LogP contribution is 2.25. The van der Waals surface area contributed by atoms with E-state index in [4.69, 9.17) is 16.3 Å². The van der Waals surface area contributed by atoms with Gasteiger partial charge in [-0.2, -0.15) is 0 Å². The molecule has 0 bridgehead atoms. The summed E-state index contributed by atoms with van der Waals surface area (Å²) in [6.07, 6.45) is 2.30. The van der Waals surface area contributed by atoms with E-state index in [-0.39, 0.29) is 17.7 Å². The number of piperazine rings is 1. The van der Waals surface area contributed by atoms with Crippen molar-refractivity contribution in [2.24, 2.45) is 5.92 Å². The van der Waals surface area contributed by atoms with E-state index in [2.05, 4.69) is 4.90 Å². The number of likely N-dealkylation sites (tertiary alicyclic amines) is 1. The lowest BCUT2D eigenvalue weighted by Crippen LogP contribution is -2.52. The summed E-state index contributed by atoms with van der Waals surface area (Å²) < 4.78 is 5.44. The average Bonchev–Trinajstić information content (AvgIpc) is 2.73. The van der Waals surface area contributed by atoms with E-state index in [9.17, 15) is 9.59 Å². The van der Waals surface area contributed by atoms with Gasteiger partial charge < -0.3 is 14.5 Å². The van der Waals surface area contributed by atoms with Crippen molar-refractivity contribution in [3.63, 3.8) is 0 Å². The number of nitrogens with zero attached hydrogens (tertiary/aromatic N) is 3. The molecule has 1 aromatic carbocycles. The van der Waals surface area contributed by atoms with Crippen molar-refractivity contribution in [3.05, 3.63) is 28.8 Å². The van der Waals surface area contributed by atoms with Crippen LogP contribution in [-0.4, -0.2) is 72.9 Å². The second-order valence-electron chi connectivity index (χ2n) is 7.59. The smallest absolute Gasteiger partial charge is 0.227 e. The first-order valence-corrected chi connectivity index (χ1v) is 10.5. The molecule has 1 aromatic rings. The Hall–Kier alpha value is -1.79. The van der Waals surface area contributed by atoms with Crippen molar-refractivity contribution in [2.45, 2.75) is 32.7 Å². The number of piperidine rings is 1. The number of carbonyl (C=O) groups is 2. The summed E-state index contributed by atoms with van der Waals surface area (Å²) in [7, 11) is 1.67. The van der Waals surface area contributed by atoms with Gasteiger partial charge in [0, 0.05) is 62.8 Å². The zero-order valence-electron chi connectivity index (χ0n) is 16.8. The number of amides is 2. The summed E-state index contributed by atoms with van der Waals surface area (Å²) in [5.74, 6) is 1.14. The summed E-state index contributed by atoms with van der Waals surface area (Å²) in [5.41, 5.74) is 1.07. The molecule has 0 aromatic heterocycles. The molecule has 28 heavy (non-hydrogen) atoms. The van der Waals surface area contributed by atoms with E-state index >= 15 is 0 Å². The normalized spacial score (nSPS) is 20.9. The molecular weight excluding hydrogens is 378 g/mol. The Balaban J connectivity index is 1.53. The second kappa shape index (κ2) is 9.61. The Kier molecular flexibility index (Phi) is 7.18. The minimum absolute atomic E-state index is 0.0520. The fourth-order valence-electron chi connectivity index (χ4n) is 4.13. The number of hydrogen-bond donors (Lipinski definition) is 0. The van der Waals surface area contributed by atoms with E-state index in [0.717, 1.165) is 63.4 Å². The maximum absolute atomic E-state index is 13.0. The lowest BCUT2D eigenvalue weighted by molar-refractivity contribution is -0.142. The summed E-state index contributed by atoms with van der Waals surface area (Å²) in [4.78, 5) is 31.1. The number of ether oxygens (including phenoxy) is 1. The molecule has 6 nitrogen and oxygen atoms in total. The summed E-state index contributed by atoms with van der Waals surface area (Å²) in [6.45, 7) is 7.09. The van der Waals surface area contributed by atoms with Gasteiger partial charge in [0.15, 0.2) is 0 Å². The molecule has 0 saturated carbocycles. The van der Waals surface area contributed by atoms with Crippen LogP contribution < -0.4 is 4.74 Å². The first-order chi connectivity index (χ1) is 13.5. The molecule has 2 saturated heterocycles. The standard InChI is InChI=1S/C21H30ClN3O3/c1-3-20(26)25-8-4-5-16(15-25)21(27)24-11-9-23(10-12-24)14-17-13-18(22)6-7-19(17)28-2/h6-7,13,16H,3-5,8-12,14-15H2,1-2H3. The van der Waals surface area contributed by atoms with Gasteiger partial charge in [-0.15, -0.1) is 0 Å². The average molecular weight is 408 g/mol. The van der Waals surface area contributed by atoms with Gasteiger partial charge in [0.2, 0.25) is 11.8 Å². The van der Waals surface area contributed by atoms with E-state index in [1.807, 2.05) is 34.9 Å². The van der Waals surface area contributed by atoms with Crippen LogP contribution in [0.4, 0.5) is 0 Å². The molecule has 2 aliphatic heterocycles. The van der Waals surface area contributed by atoms with Gasteiger partial charge in [-0.1, -0.05) is 18.5 Å². The second-order valence-corrected chi connectivity index (χ2v) is 8.03. The van der Waals surface area contributed by atoms with Crippen LogP contribution in [0.25, 0.3) is 0 Å². The molecule has 1 unspecified atom stereocenters. The van der Waals surface area contributed by atoms with Gasteiger partial charge in [-0.25, -0.2) is 0 Å². The van der Waals surface area contributed by atoms with E-state index < -0.39 is 0 Å². The summed E-state index contributed by atoms with van der Waals surface area (Å²) >= 11 is 6.13. The number of hydrogen-bond acceptors (Lipinski definition) is 4. The number of rotatable bonds is 5. The van der Waals surface area contributed by atoms with Gasteiger partial charge >= 0.3 is 0 Å². The first kappa shape index (κ1) is 20.9. The lowest BCUT2D eigenvalue weighted by atomic mass is 9.96. The van der Waals surface area contributed by atoms with Crippen molar-refractivity contribution in [2.75, 3.05) is 46.4 Å². The predicted molar refractivity (Wildman–Crippen MR) is 109 cm³/mol. The quantitative estimate of drug-likeness (QED) is 0.753. The van der Waals surface area contributed by atoms with Crippen LogP contribution in [0, 0.1) is 5.92 Å². The van der Waals surface area contributed by atoms with Crippen molar-refractivity contribution < 1.29 is 14.3 Å². The number of halogens is 1. The molecule has 154 valence electrons. The monoisotopic (exact) mass is 407 g/mol. The molecule has 2 amide bonds. The third-order valence-electron chi connectivity index (χ3n) is 5.75. The van der Waals surface area contributed by atoms with Crippen LogP contribution in [0.15, 0.2) is 18.2 Å². The number of carbonyl (C=O) groups excluding carboxylic acids is 2. The van der Waals surface area contributed by atoms with Gasteiger partial charge in [-0.05, 0) is 31.0 Å². The zero-order chi connectivity index (χ0) is 20.1. The highest BCUT2D eigenvalue weighted by atomic mass is 35.5. The fourth-order valence-corrected chi connectivity index (χ4v) is 4.32. The third-order valence-corrected chi connectivity index (χ3v) is 5.98. The van der Waals surface area contributed by atoms with Crippen LogP contribution in [0.1, 0.15) is 31.7 Å². The number of methoxy groups -OCH3 is 1. The largest absolute Gasteiger partial charge is 0.496 e. The molecule has 2 aliphatic rings. The SMILES string of the molecule is CCC(=O)N1CCCC(C(=O)N2CCN(Cc3cc(Cl)ccc3OC)CC2)C1. The first-order valence-electron chi connectivity index (χ1n) is 10.1. The van der Waals surface area contributed by atoms with Crippen molar-refractivity contribution >= 4 is 23.4 Å². The highest BCUT2D eigenvalue weighted by molar-refractivity contribution is 6.30. The topological polar surface area (TPSA) is 53.1 Å². The van der Waals surface area contributed by atoms with Gasteiger partial charge in [0.1, 0.15) is 5.75 Å². The van der Waals surface area contributed by atoms with Crippen molar-refractivity contribution in [1.82, 2.24) is 14.7 Å². The molecule has 0 radical (unpaired) electrons. The molecule has 7 heteroatoms. The van der Waals surface area contributed by atoms with Crippen molar-refractivity contribution in [3.8, 4) is 5.75 Å². The molecular formula is C21H30ClN3O3. The Morgan fingerprint density at radius 2 is 1.89 bits per heavy atom. The summed E-state index contributed by atoms with van der Waals surface area (Å²) in [5, 5.41) is 0.702. The van der Waals surface area contributed by atoms with E-state index in [1.54, 1.807) is 7.11 Å². The van der Waals surface area contributed by atoms with Crippen LogP contribution in [0.5, 0.6) is 5.75 Å². The maximum atomic E-state index is 13.0. The Bertz CT molecular complexity index is 704. The van der Waals surface area contributed by atoms with E-state index in [1.165, 1.54) is 0 Å². The third kappa shape index (κ3) is 4.97. The van der Waals surface area contributed by atoms with Crippen molar-refractivity contribution in [1.29, 1.82) is 0 Å². The maximum Gasteiger partial charge on any atom is 0.227 e. The van der Waals surface area contributed by atoms with E-state index in [0.29, 0.717) is 18.0 Å². The van der Waals surface area contributed by atoms with Crippen LogP contribution in [-0.2, 0) is 16.1 Å².